The van der Waals surface area contributed by atoms with Crippen LogP contribution >= 0.6 is 0 Å². The molecule has 8 atom stereocenters. The van der Waals surface area contributed by atoms with Crippen LogP contribution < -0.4 is 5.73 Å². The number of likely N-dealkylation sites (tertiary alicyclic amines) is 1. The van der Waals surface area contributed by atoms with E-state index in [-0.39, 0.29) is 23.4 Å². The van der Waals surface area contributed by atoms with Gasteiger partial charge in [-0.05, 0) is 74.5 Å². The number of piperidine rings is 1. The van der Waals surface area contributed by atoms with Gasteiger partial charge in [-0.3, -0.25) is 4.79 Å². The monoisotopic (exact) mass is 315 g/mol. The zero-order chi connectivity index (χ0) is 16.0. The topological polar surface area (TPSA) is 90.4 Å². The molecule has 0 radical (unpaired) electrons. The van der Waals surface area contributed by atoms with Crippen LogP contribution in [0.15, 0.2) is 0 Å². The Balaban J connectivity index is 1.43. The molecule has 1 saturated heterocycles. The number of aliphatic hydroxyl groups is 1. The molecule has 0 aromatic carbocycles. The molecule has 3 N–H and O–H groups in total. The molecule has 6 fully saturated rings. The van der Waals surface area contributed by atoms with E-state index >= 15 is 0 Å². The van der Waals surface area contributed by atoms with E-state index in [1.54, 1.807) is 4.90 Å². The second-order valence-electron chi connectivity index (χ2n) is 9.21. The summed E-state index contributed by atoms with van der Waals surface area (Å²) in [7, 11) is 0. The minimum Gasteiger partial charge on any atom is -0.390 e. The molecule has 0 spiro atoms. The fourth-order valence-corrected chi connectivity index (χ4v) is 6.96. The highest BCUT2D eigenvalue weighted by atomic mass is 16.3. The number of hydrogen-bond donors (Lipinski definition) is 2. The van der Waals surface area contributed by atoms with Gasteiger partial charge in [0.2, 0.25) is 5.91 Å². The van der Waals surface area contributed by atoms with Crippen molar-refractivity contribution in [3.05, 3.63) is 0 Å². The molecule has 1 unspecified atom stereocenters. The van der Waals surface area contributed by atoms with Crippen LogP contribution in [0.2, 0.25) is 0 Å². The van der Waals surface area contributed by atoms with E-state index in [1.165, 1.54) is 6.42 Å². The molecule has 6 rings (SSSR count). The van der Waals surface area contributed by atoms with Gasteiger partial charge in [0.15, 0.2) is 0 Å². The van der Waals surface area contributed by atoms with Crippen molar-refractivity contribution in [2.75, 3.05) is 0 Å². The summed E-state index contributed by atoms with van der Waals surface area (Å²) in [5.41, 5.74) is 5.71. The van der Waals surface area contributed by atoms with E-state index < -0.39 is 11.6 Å². The van der Waals surface area contributed by atoms with Crippen molar-refractivity contribution in [1.29, 1.82) is 5.26 Å². The van der Waals surface area contributed by atoms with Gasteiger partial charge in [0.25, 0.3) is 0 Å². The number of nitrogens with zero attached hydrogens (tertiary/aromatic N) is 2. The van der Waals surface area contributed by atoms with Crippen molar-refractivity contribution < 1.29 is 9.90 Å². The lowest BCUT2D eigenvalue weighted by Gasteiger charge is -2.61. The quantitative estimate of drug-likeness (QED) is 0.800. The lowest BCUT2D eigenvalue weighted by atomic mass is 9.46. The van der Waals surface area contributed by atoms with Gasteiger partial charge in [-0.1, -0.05) is 0 Å². The van der Waals surface area contributed by atoms with Gasteiger partial charge in [-0.15, -0.1) is 0 Å². The Morgan fingerprint density at radius 3 is 2.52 bits per heavy atom. The molecular formula is C18H25N3O2. The van der Waals surface area contributed by atoms with Gasteiger partial charge in [0.05, 0.1) is 17.7 Å². The number of rotatable bonds is 2. The van der Waals surface area contributed by atoms with E-state index in [1.807, 2.05) is 0 Å². The normalized spacial score (nSPS) is 53.8. The Labute approximate surface area is 136 Å². The van der Waals surface area contributed by atoms with Gasteiger partial charge in [-0.25, -0.2) is 0 Å². The summed E-state index contributed by atoms with van der Waals surface area (Å²) in [5.74, 6) is 1.56. The summed E-state index contributed by atoms with van der Waals surface area (Å²) in [6, 6.07) is 1.72. The van der Waals surface area contributed by atoms with Crippen LogP contribution in [0.1, 0.15) is 51.4 Å². The molecule has 0 aromatic heterocycles. The van der Waals surface area contributed by atoms with Crippen molar-refractivity contribution >= 4 is 5.91 Å². The highest BCUT2D eigenvalue weighted by Gasteiger charge is 2.62. The van der Waals surface area contributed by atoms with Crippen molar-refractivity contribution in [3.63, 3.8) is 0 Å². The van der Waals surface area contributed by atoms with Gasteiger partial charge in [0, 0.05) is 6.04 Å². The Morgan fingerprint density at radius 2 is 1.91 bits per heavy atom. The molecule has 1 aliphatic heterocycles. The summed E-state index contributed by atoms with van der Waals surface area (Å²) in [4.78, 5) is 14.9. The third-order valence-electron chi connectivity index (χ3n) is 7.51. The summed E-state index contributed by atoms with van der Waals surface area (Å²) in [6.07, 6.45) is 7.48. The number of amides is 1. The number of fused-ring (bicyclic) bond motifs is 1. The molecule has 1 heterocycles. The molecule has 5 aliphatic carbocycles. The lowest BCUT2D eigenvalue weighted by Crippen LogP contribution is -2.64. The lowest BCUT2D eigenvalue weighted by molar-refractivity contribution is -0.177. The average molecular weight is 315 g/mol. The zero-order valence-electron chi connectivity index (χ0n) is 13.4. The van der Waals surface area contributed by atoms with Crippen molar-refractivity contribution in [3.8, 4) is 6.07 Å². The van der Waals surface area contributed by atoms with E-state index in [0.29, 0.717) is 24.2 Å². The molecule has 5 heteroatoms. The summed E-state index contributed by atoms with van der Waals surface area (Å²) < 4.78 is 0. The van der Waals surface area contributed by atoms with Gasteiger partial charge < -0.3 is 15.7 Å². The largest absolute Gasteiger partial charge is 0.390 e. The van der Waals surface area contributed by atoms with Crippen molar-refractivity contribution in [2.45, 2.75) is 75.1 Å². The Kier molecular flexibility index (Phi) is 2.65. The Morgan fingerprint density at radius 1 is 1.22 bits per heavy atom. The fraction of sp³-hybridized carbons (Fsp3) is 0.889. The number of hydrogen-bond acceptors (Lipinski definition) is 4. The summed E-state index contributed by atoms with van der Waals surface area (Å²) in [5, 5.41) is 20.2. The van der Waals surface area contributed by atoms with Gasteiger partial charge in [0.1, 0.15) is 6.04 Å². The molecule has 5 nitrogen and oxygen atoms in total. The maximum Gasteiger partial charge on any atom is 0.241 e. The second kappa shape index (κ2) is 4.29. The first kappa shape index (κ1) is 14.2. The molecule has 23 heavy (non-hydrogen) atoms. The Hall–Kier alpha value is -1.12. The van der Waals surface area contributed by atoms with Gasteiger partial charge in [-0.2, -0.15) is 5.26 Å². The standard InChI is InChI=1S/C18H25N3O2/c19-8-13-2-12-3-14(12)21(13)16(22)15(20)17-4-10-1-11(5-17)7-18(23,6-10)9-17/h10-15,23H,1-7,9,20H2/t10-,11+,12-,13+,14+,15-,17?,18+/m1/s1. The number of nitrogens with two attached hydrogens (primary N) is 1. The first-order valence-corrected chi connectivity index (χ1v) is 9.13. The van der Waals surface area contributed by atoms with Gasteiger partial charge >= 0.3 is 0 Å². The van der Waals surface area contributed by atoms with Crippen LogP contribution in [-0.4, -0.2) is 39.6 Å². The zero-order valence-corrected chi connectivity index (χ0v) is 13.4. The molecule has 5 saturated carbocycles. The predicted molar refractivity (Wildman–Crippen MR) is 82.8 cm³/mol. The third-order valence-corrected chi connectivity index (χ3v) is 7.51. The maximum atomic E-state index is 13.1. The highest BCUT2D eigenvalue weighted by molar-refractivity contribution is 5.84. The van der Waals surface area contributed by atoms with E-state index in [4.69, 9.17) is 5.73 Å². The van der Waals surface area contributed by atoms with Crippen LogP contribution in [0.25, 0.3) is 0 Å². The minimum absolute atomic E-state index is 0.0212. The number of carbonyl (C=O) groups excluding carboxylic acids is 1. The van der Waals surface area contributed by atoms with Crippen molar-refractivity contribution in [1.82, 2.24) is 4.90 Å². The van der Waals surface area contributed by atoms with E-state index in [9.17, 15) is 15.2 Å². The summed E-state index contributed by atoms with van der Waals surface area (Å²) >= 11 is 0. The predicted octanol–water partition coefficient (Wildman–Crippen LogP) is 1.16. The van der Waals surface area contributed by atoms with Crippen molar-refractivity contribution in [2.24, 2.45) is 28.9 Å². The third kappa shape index (κ3) is 1.88. The first-order chi connectivity index (χ1) is 10.9. The van der Waals surface area contributed by atoms with Crippen LogP contribution in [0.3, 0.4) is 0 Å². The average Bonchev–Trinajstić information content (AvgIpc) is 3.14. The van der Waals surface area contributed by atoms with Crippen LogP contribution in [-0.2, 0) is 4.79 Å². The molecule has 0 aromatic rings. The highest BCUT2D eigenvalue weighted by Crippen LogP contribution is 2.63. The maximum absolute atomic E-state index is 13.1. The Bertz CT molecular complexity index is 598. The fourth-order valence-electron chi connectivity index (χ4n) is 6.96. The van der Waals surface area contributed by atoms with Crippen LogP contribution in [0.5, 0.6) is 0 Å². The number of nitriles is 1. The molecule has 1 amide bonds. The number of carbonyl (C=O) groups is 1. The second-order valence-corrected chi connectivity index (χ2v) is 9.21. The van der Waals surface area contributed by atoms with Crippen LogP contribution in [0.4, 0.5) is 0 Å². The molecule has 4 bridgehead atoms. The first-order valence-electron chi connectivity index (χ1n) is 9.13. The van der Waals surface area contributed by atoms with Crippen LogP contribution in [0, 0.1) is 34.5 Å². The smallest absolute Gasteiger partial charge is 0.241 e. The van der Waals surface area contributed by atoms with E-state index in [2.05, 4.69) is 6.07 Å². The SMILES string of the molecule is N#C[C@@H]1C[C@@H]2C[C@@H]2N1C(=O)[C@@H](N)C12C[C@H]3C[C@@H](C1)C[C@@](O)(C3)C2. The summed E-state index contributed by atoms with van der Waals surface area (Å²) in [6.45, 7) is 0. The molecular weight excluding hydrogens is 290 g/mol. The molecule has 6 aliphatic rings. The van der Waals surface area contributed by atoms with E-state index in [0.717, 1.165) is 38.5 Å². The molecule has 124 valence electrons. The minimum atomic E-state index is -0.594.